The Morgan fingerprint density at radius 1 is 1.47 bits per heavy atom. The Morgan fingerprint density at radius 2 is 2.32 bits per heavy atom. The first-order chi connectivity index (χ1) is 9.15. The predicted molar refractivity (Wildman–Crippen MR) is 72.8 cm³/mol. The lowest BCUT2D eigenvalue weighted by Gasteiger charge is -2.28. The first-order valence-electron chi connectivity index (χ1n) is 6.17. The van der Waals surface area contributed by atoms with Crippen LogP contribution in [0, 0.1) is 0 Å². The number of halogens is 1. The summed E-state index contributed by atoms with van der Waals surface area (Å²) in [5.41, 5.74) is 0.552. The minimum absolute atomic E-state index is 0.126. The van der Waals surface area contributed by atoms with Gasteiger partial charge in [-0.05, 0) is 19.2 Å². The van der Waals surface area contributed by atoms with Gasteiger partial charge in [-0.15, -0.1) is 0 Å². The van der Waals surface area contributed by atoms with Crippen molar-refractivity contribution in [2.75, 3.05) is 26.7 Å². The van der Waals surface area contributed by atoms with Gasteiger partial charge in [-0.3, -0.25) is 4.79 Å². The lowest BCUT2D eigenvalue weighted by Crippen LogP contribution is -2.44. The average molecular weight is 280 g/mol. The molecule has 0 radical (unpaired) electrons. The van der Waals surface area contributed by atoms with E-state index in [1.54, 1.807) is 12.1 Å². The second-order valence-corrected chi connectivity index (χ2v) is 5.16. The number of rotatable bonds is 2. The van der Waals surface area contributed by atoms with Crippen LogP contribution in [0.2, 0.25) is 5.02 Å². The number of ketones is 1. The maximum atomic E-state index is 12.3. The molecule has 0 aliphatic carbocycles. The number of nitrogens with zero attached hydrogens (tertiary/aromatic N) is 1. The molecule has 0 saturated carbocycles. The van der Waals surface area contributed by atoms with Crippen LogP contribution in [0.4, 0.5) is 0 Å². The minimum Gasteiger partial charge on any atom is -0.451 e. The first kappa shape index (κ1) is 12.7. The van der Waals surface area contributed by atoms with Gasteiger partial charge in [-0.25, -0.2) is 0 Å². The van der Waals surface area contributed by atoms with E-state index in [0.29, 0.717) is 29.5 Å². The molecule has 2 heterocycles. The second-order valence-electron chi connectivity index (χ2n) is 4.75. The molecule has 0 N–H and O–H groups in total. The Labute approximate surface area is 115 Å². The van der Waals surface area contributed by atoms with Crippen LogP contribution in [0.25, 0.3) is 11.0 Å². The highest BCUT2D eigenvalue weighted by atomic mass is 35.5. The number of ether oxygens (including phenoxy) is 1. The second kappa shape index (κ2) is 4.96. The van der Waals surface area contributed by atoms with Crippen molar-refractivity contribution in [1.82, 2.24) is 4.90 Å². The largest absolute Gasteiger partial charge is 0.451 e. The van der Waals surface area contributed by atoms with Gasteiger partial charge in [0.05, 0.1) is 11.6 Å². The van der Waals surface area contributed by atoms with Crippen molar-refractivity contribution in [2.24, 2.45) is 0 Å². The molecular weight excluding hydrogens is 266 g/mol. The Hall–Kier alpha value is -1.36. The zero-order valence-corrected chi connectivity index (χ0v) is 11.3. The number of furan rings is 1. The summed E-state index contributed by atoms with van der Waals surface area (Å²) in [6.45, 7) is 1.99. The molecule has 1 aliphatic heterocycles. The number of hydrogen-bond donors (Lipinski definition) is 0. The number of Topliss-reactive ketones (excluding diaryl/α,β-unsaturated/α-hetero) is 1. The standard InChI is InChI=1S/C14H14ClNO3/c1-16-5-6-18-12(8-16)13(17)11-7-9-3-2-4-10(15)14(9)19-11/h2-4,7,12H,5-6,8H2,1H3. The third-order valence-corrected chi connectivity index (χ3v) is 3.60. The molecule has 1 aromatic heterocycles. The lowest BCUT2D eigenvalue weighted by molar-refractivity contribution is -0.00987. The fourth-order valence-electron chi connectivity index (χ4n) is 2.24. The van der Waals surface area contributed by atoms with E-state index in [9.17, 15) is 4.79 Å². The zero-order valence-electron chi connectivity index (χ0n) is 10.6. The Balaban J connectivity index is 1.91. The molecule has 1 saturated heterocycles. The molecule has 5 heteroatoms. The fraction of sp³-hybridized carbons (Fsp3) is 0.357. The van der Waals surface area contributed by atoms with E-state index < -0.39 is 6.10 Å². The molecule has 1 aromatic carbocycles. The Morgan fingerprint density at radius 3 is 3.05 bits per heavy atom. The number of hydrogen-bond acceptors (Lipinski definition) is 4. The molecule has 19 heavy (non-hydrogen) atoms. The van der Waals surface area contributed by atoms with Crippen molar-refractivity contribution in [3.63, 3.8) is 0 Å². The van der Waals surface area contributed by atoms with Gasteiger partial charge in [-0.2, -0.15) is 0 Å². The molecule has 1 aliphatic rings. The quantitative estimate of drug-likeness (QED) is 0.793. The van der Waals surface area contributed by atoms with Gasteiger partial charge in [-0.1, -0.05) is 23.7 Å². The molecule has 0 amide bonds. The molecule has 1 atom stereocenters. The van der Waals surface area contributed by atoms with Gasteiger partial charge < -0.3 is 14.1 Å². The van der Waals surface area contributed by atoms with Gasteiger partial charge in [0.25, 0.3) is 0 Å². The highest BCUT2D eigenvalue weighted by Gasteiger charge is 2.28. The smallest absolute Gasteiger partial charge is 0.227 e. The van der Waals surface area contributed by atoms with E-state index in [4.69, 9.17) is 20.8 Å². The van der Waals surface area contributed by atoms with E-state index in [0.717, 1.165) is 11.9 Å². The van der Waals surface area contributed by atoms with Crippen LogP contribution in [-0.4, -0.2) is 43.5 Å². The fourth-order valence-corrected chi connectivity index (χ4v) is 2.46. The number of morpholine rings is 1. The monoisotopic (exact) mass is 279 g/mol. The van der Waals surface area contributed by atoms with E-state index in [1.165, 1.54) is 0 Å². The molecule has 4 nitrogen and oxygen atoms in total. The van der Waals surface area contributed by atoms with E-state index >= 15 is 0 Å². The van der Waals surface area contributed by atoms with E-state index in [2.05, 4.69) is 4.90 Å². The maximum Gasteiger partial charge on any atom is 0.227 e. The summed E-state index contributed by atoms with van der Waals surface area (Å²) < 4.78 is 11.1. The molecule has 0 bridgehead atoms. The zero-order chi connectivity index (χ0) is 13.4. The van der Waals surface area contributed by atoms with Crippen molar-refractivity contribution < 1.29 is 13.9 Å². The van der Waals surface area contributed by atoms with Gasteiger partial charge in [0.15, 0.2) is 11.3 Å². The summed E-state index contributed by atoms with van der Waals surface area (Å²) >= 11 is 6.04. The summed E-state index contributed by atoms with van der Waals surface area (Å²) in [5.74, 6) is 0.183. The third-order valence-electron chi connectivity index (χ3n) is 3.30. The number of carbonyl (C=O) groups is 1. The minimum atomic E-state index is -0.460. The molecule has 3 rings (SSSR count). The summed E-state index contributed by atoms with van der Waals surface area (Å²) in [7, 11) is 1.97. The van der Waals surface area contributed by atoms with Crippen molar-refractivity contribution in [1.29, 1.82) is 0 Å². The predicted octanol–water partition coefficient (Wildman–Crippen LogP) is 2.60. The normalized spacial score (nSPS) is 20.8. The van der Waals surface area contributed by atoms with Crippen molar-refractivity contribution in [2.45, 2.75) is 6.10 Å². The molecule has 2 aromatic rings. The van der Waals surface area contributed by atoms with Crippen LogP contribution < -0.4 is 0 Å². The summed E-state index contributed by atoms with van der Waals surface area (Å²) in [5, 5.41) is 1.35. The van der Waals surface area contributed by atoms with Crippen molar-refractivity contribution in [3.8, 4) is 0 Å². The molecule has 1 fully saturated rings. The van der Waals surface area contributed by atoms with Crippen molar-refractivity contribution in [3.05, 3.63) is 35.0 Å². The topological polar surface area (TPSA) is 42.7 Å². The van der Waals surface area contributed by atoms with E-state index in [1.807, 2.05) is 19.2 Å². The van der Waals surface area contributed by atoms with Gasteiger partial charge in [0.1, 0.15) is 6.10 Å². The lowest BCUT2D eigenvalue weighted by atomic mass is 10.1. The first-order valence-corrected chi connectivity index (χ1v) is 6.55. The number of fused-ring (bicyclic) bond motifs is 1. The van der Waals surface area contributed by atoms with Crippen LogP contribution in [0.3, 0.4) is 0 Å². The third kappa shape index (κ3) is 2.39. The van der Waals surface area contributed by atoms with Crippen LogP contribution in [-0.2, 0) is 4.74 Å². The van der Waals surface area contributed by atoms with Gasteiger partial charge in [0.2, 0.25) is 5.78 Å². The average Bonchev–Trinajstić information content (AvgIpc) is 2.83. The maximum absolute atomic E-state index is 12.3. The Bertz CT molecular complexity index is 622. The molecule has 1 unspecified atom stereocenters. The highest BCUT2D eigenvalue weighted by Crippen LogP contribution is 2.27. The van der Waals surface area contributed by atoms with Crippen LogP contribution >= 0.6 is 11.6 Å². The van der Waals surface area contributed by atoms with Crippen LogP contribution in [0.5, 0.6) is 0 Å². The summed E-state index contributed by atoms with van der Waals surface area (Å²) in [4.78, 5) is 14.4. The molecule has 0 spiro atoms. The molecular formula is C14H14ClNO3. The molecule has 100 valence electrons. The highest BCUT2D eigenvalue weighted by molar-refractivity contribution is 6.34. The van der Waals surface area contributed by atoms with Crippen LogP contribution in [0.1, 0.15) is 10.6 Å². The Kier molecular flexibility index (Phi) is 3.31. The number of carbonyl (C=O) groups excluding carboxylic acids is 1. The van der Waals surface area contributed by atoms with Crippen LogP contribution in [0.15, 0.2) is 28.7 Å². The SMILES string of the molecule is CN1CCOC(C(=O)c2cc3cccc(Cl)c3o2)C1. The van der Waals surface area contributed by atoms with Gasteiger partial charge >= 0.3 is 0 Å². The van der Waals surface area contributed by atoms with E-state index in [-0.39, 0.29) is 5.78 Å². The summed E-state index contributed by atoms with van der Waals surface area (Å²) in [6, 6.07) is 7.17. The summed E-state index contributed by atoms with van der Waals surface area (Å²) in [6.07, 6.45) is -0.460. The van der Waals surface area contributed by atoms with Gasteiger partial charge in [0, 0.05) is 18.5 Å². The number of likely N-dealkylation sites (N-methyl/N-ethyl adjacent to an activating group) is 1. The number of para-hydroxylation sites is 1. The number of benzene rings is 1. The van der Waals surface area contributed by atoms with Crippen molar-refractivity contribution >= 4 is 28.4 Å².